The quantitative estimate of drug-likeness (QED) is 0.772. The minimum Gasteiger partial charge on any atom is -0.361 e. The van der Waals surface area contributed by atoms with Crippen molar-refractivity contribution in [3.8, 4) is 0 Å². The van der Waals surface area contributed by atoms with Crippen molar-refractivity contribution in [3.05, 3.63) is 47.0 Å². The Balaban J connectivity index is 1.36. The second kappa shape index (κ2) is 8.07. The summed E-state index contributed by atoms with van der Waals surface area (Å²) in [6.45, 7) is 2.16. The molecule has 3 aliphatic heterocycles. The standard InChI is InChI=1S/C22H28N6OS/c1-27-9-7-15(8-10-27)28(2)22-23-13-16-20(26-22)24-17-6-5-14(19-4-3-11-30-19)12-18(17)25-21(16)29/h3,5-6,11-13,15,17-19H,4,7-10H2,1-2H3,(H,25,29)(H,23,24,26). The fourth-order valence-corrected chi connectivity index (χ4v) is 5.48. The Morgan fingerprint density at radius 3 is 2.83 bits per heavy atom. The number of allylic oxidation sites excluding steroid dienone is 2. The van der Waals surface area contributed by atoms with E-state index in [1.165, 1.54) is 5.57 Å². The largest absolute Gasteiger partial charge is 0.361 e. The van der Waals surface area contributed by atoms with E-state index in [9.17, 15) is 4.79 Å². The first-order valence-corrected chi connectivity index (χ1v) is 11.6. The highest BCUT2D eigenvalue weighted by Gasteiger charge is 2.32. The van der Waals surface area contributed by atoms with E-state index in [2.05, 4.69) is 69.2 Å². The molecule has 30 heavy (non-hydrogen) atoms. The number of piperidine rings is 1. The molecule has 1 aromatic heterocycles. The molecule has 4 heterocycles. The molecule has 3 atom stereocenters. The number of nitrogens with one attached hydrogen (secondary N) is 2. The maximum Gasteiger partial charge on any atom is 0.257 e. The first kappa shape index (κ1) is 19.6. The summed E-state index contributed by atoms with van der Waals surface area (Å²) in [6.07, 6.45) is 13.6. The van der Waals surface area contributed by atoms with Gasteiger partial charge in [0, 0.05) is 24.5 Å². The number of carbonyl (C=O) groups excluding carboxylic acids is 1. The van der Waals surface area contributed by atoms with Crippen molar-refractivity contribution in [3.63, 3.8) is 0 Å². The van der Waals surface area contributed by atoms with E-state index in [-0.39, 0.29) is 18.0 Å². The van der Waals surface area contributed by atoms with Gasteiger partial charge in [0.05, 0.1) is 12.1 Å². The highest BCUT2D eigenvalue weighted by Crippen LogP contribution is 2.33. The van der Waals surface area contributed by atoms with Gasteiger partial charge in [0.1, 0.15) is 11.4 Å². The molecule has 0 bridgehead atoms. The Morgan fingerprint density at radius 1 is 1.23 bits per heavy atom. The highest BCUT2D eigenvalue weighted by molar-refractivity contribution is 8.03. The van der Waals surface area contributed by atoms with Gasteiger partial charge in [-0.05, 0) is 50.4 Å². The summed E-state index contributed by atoms with van der Waals surface area (Å²) in [4.78, 5) is 26.7. The van der Waals surface area contributed by atoms with Crippen LogP contribution >= 0.6 is 11.8 Å². The lowest BCUT2D eigenvalue weighted by Crippen LogP contribution is -2.43. The average Bonchev–Trinajstić information content (AvgIpc) is 3.25. The third-order valence-electron chi connectivity index (χ3n) is 6.49. The number of fused-ring (bicyclic) bond motifs is 2. The van der Waals surface area contributed by atoms with Crippen LogP contribution in [-0.2, 0) is 0 Å². The smallest absolute Gasteiger partial charge is 0.257 e. The summed E-state index contributed by atoms with van der Waals surface area (Å²) >= 11 is 1.84. The van der Waals surface area contributed by atoms with Gasteiger partial charge in [-0.25, -0.2) is 4.98 Å². The van der Waals surface area contributed by atoms with Crippen molar-refractivity contribution in [2.24, 2.45) is 0 Å². The van der Waals surface area contributed by atoms with Crippen LogP contribution in [0.5, 0.6) is 0 Å². The van der Waals surface area contributed by atoms with Gasteiger partial charge >= 0.3 is 0 Å². The fourth-order valence-electron chi connectivity index (χ4n) is 4.54. The van der Waals surface area contributed by atoms with E-state index >= 15 is 0 Å². The SMILES string of the molecule is CN1CCC(N(C)c2ncc3c(n2)NC2C=CC(C4CC=CS4)=CC2NC3=O)CC1. The first-order valence-electron chi connectivity index (χ1n) is 10.6. The second-order valence-electron chi connectivity index (χ2n) is 8.51. The molecule has 5 rings (SSSR count). The number of anilines is 2. The molecular formula is C22H28N6OS. The van der Waals surface area contributed by atoms with Crippen LogP contribution in [0.4, 0.5) is 11.8 Å². The Hall–Kier alpha value is -2.32. The van der Waals surface area contributed by atoms with Gasteiger partial charge in [0.25, 0.3) is 5.91 Å². The van der Waals surface area contributed by atoms with Crippen LogP contribution < -0.4 is 15.5 Å². The van der Waals surface area contributed by atoms with Crippen molar-refractivity contribution in [1.82, 2.24) is 20.2 Å². The predicted octanol–water partition coefficient (Wildman–Crippen LogP) is 2.41. The topological polar surface area (TPSA) is 73.4 Å². The maximum atomic E-state index is 12.9. The molecule has 158 valence electrons. The summed E-state index contributed by atoms with van der Waals surface area (Å²) in [5.74, 6) is 1.16. The number of rotatable bonds is 3. The number of hydrogen-bond acceptors (Lipinski definition) is 7. The van der Waals surface area contributed by atoms with Gasteiger partial charge in [-0.15, -0.1) is 11.8 Å². The maximum absolute atomic E-state index is 12.9. The normalized spacial score (nSPS) is 28.8. The number of thioether (sulfide) groups is 1. The van der Waals surface area contributed by atoms with Crippen molar-refractivity contribution in [2.75, 3.05) is 37.4 Å². The highest BCUT2D eigenvalue weighted by atomic mass is 32.2. The molecule has 1 aliphatic carbocycles. The second-order valence-corrected chi connectivity index (χ2v) is 9.62. The lowest BCUT2D eigenvalue weighted by molar-refractivity contribution is 0.0946. The molecule has 7 nitrogen and oxygen atoms in total. The minimum absolute atomic E-state index is 0.0188. The molecule has 4 aliphatic rings. The summed E-state index contributed by atoms with van der Waals surface area (Å²) < 4.78 is 0. The van der Waals surface area contributed by atoms with Crippen molar-refractivity contribution >= 4 is 29.4 Å². The molecule has 8 heteroatoms. The number of aromatic nitrogens is 2. The third kappa shape index (κ3) is 3.74. The number of carbonyl (C=O) groups is 1. The monoisotopic (exact) mass is 424 g/mol. The molecule has 1 aromatic rings. The number of amides is 1. The summed E-state index contributed by atoms with van der Waals surface area (Å²) in [5.41, 5.74) is 1.78. The minimum atomic E-state index is -0.124. The molecule has 1 saturated heterocycles. The molecule has 3 unspecified atom stereocenters. The van der Waals surface area contributed by atoms with E-state index in [1.807, 2.05) is 11.8 Å². The van der Waals surface area contributed by atoms with Gasteiger partial charge in [-0.2, -0.15) is 4.98 Å². The van der Waals surface area contributed by atoms with Crippen molar-refractivity contribution in [2.45, 2.75) is 42.6 Å². The summed E-state index contributed by atoms with van der Waals surface area (Å²) in [6, 6.07) is 0.307. The first-order chi connectivity index (χ1) is 14.6. The van der Waals surface area contributed by atoms with Crippen LogP contribution in [0.2, 0.25) is 0 Å². The van der Waals surface area contributed by atoms with Crippen LogP contribution in [0.3, 0.4) is 0 Å². The molecule has 0 spiro atoms. The van der Waals surface area contributed by atoms with Gasteiger partial charge in [-0.3, -0.25) is 4.79 Å². The van der Waals surface area contributed by atoms with E-state index in [1.54, 1.807) is 6.20 Å². The van der Waals surface area contributed by atoms with E-state index < -0.39 is 0 Å². The van der Waals surface area contributed by atoms with E-state index in [0.717, 1.165) is 32.4 Å². The lowest BCUT2D eigenvalue weighted by Gasteiger charge is -2.35. The number of hydrogen-bond donors (Lipinski definition) is 2. The third-order valence-corrected chi connectivity index (χ3v) is 7.63. The van der Waals surface area contributed by atoms with Crippen LogP contribution in [0.25, 0.3) is 0 Å². The van der Waals surface area contributed by atoms with E-state index in [0.29, 0.717) is 28.6 Å². The van der Waals surface area contributed by atoms with Crippen LogP contribution in [0.1, 0.15) is 29.6 Å². The van der Waals surface area contributed by atoms with Gasteiger partial charge in [-0.1, -0.05) is 24.3 Å². The molecule has 0 saturated carbocycles. The molecule has 1 amide bonds. The molecule has 2 N–H and O–H groups in total. The zero-order valence-electron chi connectivity index (χ0n) is 17.4. The Labute approximate surface area is 181 Å². The predicted molar refractivity (Wildman–Crippen MR) is 122 cm³/mol. The van der Waals surface area contributed by atoms with Crippen LogP contribution in [0, 0.1) is 0 Å². The zero-order chi connectivity index (χ0) is 20.7. The van der Waals surface area contributed by atoms with Gasteiger partial charge < -0.3 is 20.4 Å². The zero-order valence-corrected chi connectivity index (χ0v) is 18.2. The van der Waals surface area contributed by atoms with Crippen molar-refractivity contribution < 1.29 is 4.79 Å². The lowest BCUT2D eigenvalue weighted by atomic mass is 9.95. The molecule has 0 aromatic carbocycles. The van der Waals surface area contributed by atoms with Gasteiger partial charge in [0.15, 0.2) is 0 Å². The van der Waals surface area contributed by atoms with Gasteiger partial charge in [0.2, 0.25) is 5.95 Å². The fraction of sp³-hybridized carbons (Fsp3) is 0.500. The van der Waals surface area contributed by atoms with Crippen LogP contribution in [-0.4, -0.2) is 71.3 Å². The van der Waals surface area contributed by atoms with Crippen LogP contribution in [0.15, 0.2) is 41.5 Å². The Bertz CT molecular complexity index is 912. The number of nitrogens with zero attached hydrogens (tertiary/aromatic N) is 4. The molecule has 0 radical (unpaired) electrons. The summed E-state index contributed by atoms with van der Waals surface area (Å²) in [7, 11) is 4.22. The Morgan fingerprint density at radius 2 is 2.07 bits per heavy atom. The number of likely N-dealkylation sites (tertiary alicyclic amines) is 1. The Kier molecular flexibility index (Phi) is 5.28. The molecular weight excluding hydrogens is 396 g/mol. The molecule has 1 fully saturated rings. The average molecular weight is 425 g/mol. The van der Waals surface area contributed by atoms with E-state index in [4.69, 9.17) is 4.98 Å². The van der Waals surface area contributed by atoms with Crippen molar-refractivity contribution in [1.29, 1.82) is 0 Å². The summed E-state index contributed by atoms with van der Waals surface area (Å²) in [5, 5.41) is 9.23.